The van der Waals surface area contributed by atoms with Gasteiger partial charge < -0.3 is 14.2 Å². The summed E-state index contributed by atoms with van der Waals surface area (Å²) in [6.45, 7) is 6.52. The lowest BCUT2D eigenvalue weighted by atomic mass is 10.1. The van der Waals surface area contributed by atoms with Crippen molar-refractivity contribution in [2.75, 3.05) is 13.2 Å². The number of ether oxygens (including phenoxy) is 3. The average molecular weight is 811 g/mol. The molecule has 0 saturated heterocycles. The van der Waals surface area contributed by atoms with Crippen LogP contribution in [0.15, 0.2) is 60.8 Å². The highest BCUT2D eigenvalue weighted by Crippen LogP contribution is 2.13. The Morgan fingerprint density at radius 2 is 0.638 bits per heavy atom. The van der Waals surface area contributed by atoms with Crippen molar-refractivity contribution >= 4 is 17.9 Å². The molecule has 0 aliphatic heterocycles. The molecule has 0 spiro atoms. The van der Waals surface area contributed by atoms with E-state index in [1.54, 1.807) is 0 Å². The summed E-state index contributed by atoms with van der Waals surface area (Å²) in [5, 5.41) is 0. The molecule has 0 aromatic carbocycles. The summed E-state index contributed by atoms with van der Waals surface area (Å²) in [6, 6.07) is 0. The Bertz CT molecular complexity index is 1070. The van der Waals surface area contributed by atoms with E-state index in [1.807, 2.05) is 0 Å². The van der Waals surface area contributed by atoms with E-state index in [9.17, 15) is 14.4 Å². The van der Waals surface area contributed by atoms with Crippen molar-refractivity contribution in [3.8, 4) is 0 Å². The fraction of sp³-hybridized carbons (Fsp3) is 0.750. The number of carbonyl (C=O) groups excluding carboxylic acids is 3. The Morgan fingerprint density at radius 1 is 0.345 bits per heavy atom. The van der Waals surface area contributed by atoms with Crippen LogP contribution < -0.4 is 0 Å². The summed E-state index contributed by atoms with van der Waals surface area (Å²) < 4.78 is 16.7. The molecular formula is C52H90O6. The lowest BCUT2D eigenvalue weighted by molar-refractivity contribution is -0.167. The minimum atomic E-state index is -0.799. The minimum absolute atomic E-state index is 0.0962. The molecule has 0 amide bonds. The molecule has 0 rings (SSSR count). The molecule has 1 atom stereocenters. The first-order valence-corrected chi connectivity index (χ1v) is 24.3. The molecule has 6 nitrogen and oxygen atoms in total. The topological polar surface area (TPSA) is 78.9 Å². The van der Waals surface area contributed by atoms with Crippen LogP contribution in [0.3, 0.4) is 0 Å². The molecule has 0 radical (unpaired) electrons. The van der Waals surface area contributed by atoms with E-state index in [1.165, 1.54) is 109 Å². The maximum absolute atomic E-state index is 12.7. The number of allylic oxidation sites excluding steroid dienone is 10. The Balaban J connectivity index is 4.45. The fourth-order valence-electron chi connectivity index (χ4n) is 6.55. The van der Waals surface area contributed by atoms with Crippen molar-refractivity contribution in [3.63, 3.8) is 0 Å². The molecule has 0 N–H and O–H groups in total. The van der Waals surface area contributed by atoms with E-state index in [0.717, 1.165) is 77.0 Å². The monoisotopic (exact) mass is 811 g/mol. The second kappa shape index (κ2) is 46.8. The second-order valence-corrected chi connectivity index (χ2v) is 16.0. The normalized spacial score (nSPS) is 12.5. The SMILES string of the molecule is CCCCC/C=C\C/C=C\C/C=C\C/C=C\CCCC(=O)OCC(COC(=O)CCCCCCCCCCC)OC(=O)CCCCC/C=C\CCCCCCCCC. The van der Waals surface area contributed by atoms with Gasteiger partial charge in [-0.15, -0.1) is 0 Å². The van der Waals surface area contributed by atoms with Gasteiger partial charge in [-0.2, -0.15) is 0 Å². The van der Waals surface area contributed by atoms with Gasteiger partial charge in [0, 0.05) is 19.3 Å². The summed E-state index contributed by atoms with van der Waals surface area (Å²) >= 11 is 0. The number of unbranched alkanes of at least 4 members (excludes halogenated alkanes) is 22. The van der Waals surface area contributed by atoms with Gasteiger partial charge in [0.25, 0.3) is 0 Å². The highest BCUT2D eigenvalue weighted by molar-refractivity contribution is 5.71. The quantitative estimate of drug-likeness (QED) is 0.0264. The van der Waals surface area contributed by atoms with Gasteiger partial charge >= 0.3 is 17.9 Å². The third-order valence-electron chi connectivity index (χ3n) is 10.2. The Morgan fingerprint density at radius 3 is 1.10 bits per heavy atom. The van der Waals surface area contributed by atoms with Crippen molar-refractivity contribution in [1.29, 1.82) is 0 Å². The zero-order valence-electron chi connectivity index (χ0n) is 38.0. The van der Waals surface area contributed by atoms with E-state index < -0.39 is 6.10 Å². The van der Waals surface area contributed by atoms with Crippen LogP contribution in [-0.4, -0.2) is 37.2 Å². The van der Waals surface area contributed by atoms with Crippen molar-refractivity contribution < 1.29 is 28.6 Å². The van der Waals surface area contributed by atoms with E-state index in [-0.39, 0.29) is 37.5 Å². The molecule has 58 heavy (non-hydrogen) atoms. The van der Waals surface area contributed by atoms with Gasteiger partial charge in [0.15, 0.2) is 6.10 Å². The van der Waals surface area contributed by atoms with Gasteiger partial charge in [-0.25, -0.2) is 0 Å². The first kappa shape index (κ1) is 55.1. The molecule has 6 heteroatoms. The number of hydrogen-bond donors (Lipinski definition) is 0. The smallest absolute Gasteiger partial charge is 0.306 e. The number of carbonyl (C=O) groups is 3. The number of rotatable bonds is 43. The van der Waals surface area contributed by atoms with Crippen LogP contribution in [0, 0.1) is 0 Å². The van der Waals surface area contributed by atoms with Gasteiger partial charge in [0.05, 0.1) is 0 Å². The van der Waals surface area contributed by atoms with Crippen molar-refractivity contribution in [1.82, 2.24) is 0 Å². The first-order chi connectivity index (χ1) is 28.5. The molecule has 0 aromatic heterocycles. The van der Waals surface area contributed by atoms with Crippen LogP contribution in [0.2, 0.25) is 0 Å². The molecule has 0 aliphatic rings. The summed E-state index contributed by atoms with van der Waals surface area (Å²) in [7, 11) is 0. The van der Waals surface area contributed by atoms with Crippen LogP contribution in [0.4, 0.5) is 0 Å². The number of esters is 3. The third-order valence-corrected chi connectivity index (χ3v) is 10.2. The van der Waals surface area contributed by atoms with Crippen molar-refractivity contribution in [2.45, 2.75) is 239 Å². The predicted molar refractivity (Wildman–Crippen MR) is 247 cm³/mol. The summed E-state index contributed by atoms with van der Waals surface area (Å²) in [5.41, 5.74) is 0. The van der Waals surface area contributed by atoms with Crippen LogP contribution in [-0.2, 0) is 28.6 Å². The Kier molecular flexibility index (Phi) is 44.5. The van der Waals surface area contributed by atoms with E-state index in [2.05, 4.69) is 81.5 Å². The molecule has 1 unspecified atom stereocenters. The maximum atomic E-state index is 12.7. The largest absolute Gasteiger partial charge is 0.462 e. The second-order valence-electron chi connectivity index (χ2n) is 16.0. The molecule has 0 saturated carbocycles. The standard InChI is InChI=1S/C52H90O6/c1-4-7-10-13-16-19-21-23-25-26-27-29-30-33-36-39-42-45-51(54)57-48-49(47-56-50(53)44-41-38-35-32-18-15-12-9-6-3)58-52(55)46-43-40-37-34-31-28-24-22-20-17-14-11-8-5-2/h16,19,23,25,27-29,31,33,36,49H,4-15,17-18,20-22,24,26,30,32,34-35,37-48H2,1-3H3/b19-16-,25-23-,29-27-,31-28-,36-33-. The maximum Gasteiger partial charge on any atom is 0.306 e. The van der Waals surface area contributed by atoms with E-state index >= 15 is 0 Å². The van der Waals surface area contributed by atoms with Crippen LogP contribution in [0.25, 0.3) is 0 Å². The minimum Gasteiger partial charge on any atom is -0.462 e. The van der Waals surface area contributed by atoms with Gasteiger partial charge in [0.1, 0.15) is 13.2 Å². The lowest BCUT2D eigenvalue weighted by Crippen LogP contribution is -2.30. The summed E-state index contributed by atoms with van der Waals surface area (Å²) in [5.74, 6) is -0.974. The van der Waals surface area contributed by atoms with Crippen LogP contribution in [0.5, 0.6) is 0 Å². The van der Waals surface area contributed by atoms with Gasteiger partial charge in [-0.3, -0.25) is 14.4 Å². The molecule has 0 aromatic rings. The zero-order chi connectivity index (χ0) is 42.3. The predicted octanol–water partition coefficient (Wildman–Crippen LogP) is 15.7. The van der Waals surface area contributed by atoms with Crippen LogP contribution >= 0.6 is 0 Å². The van der Waals surface area contributed by atoms with Crippen molar-refractivity contribution in [2.24, 2.45) is 0 Å². The highest BCUT2D eigenvalue weighted by atomic mass is 16.6. The summed E-state index contributed by atoms with van der Waals surface area (Å²) in [4.78, 5) is 37.7. The molecule has 0 heterocycles. The lowest BCUT2D eigenvalue weighted by Gasteiger charge is -2.18. The first-order valence-electron chi connectivity index (χ1n) is 24.3. The Hall–Kier alpha value is -2.89. The molecule has 0 aliphatic carbocycles. The van der Waals surface area contributed by atoms with Crippen LogP contribution in [0.1, 0.15) is 233 Å². The highest BCUT2D eigenvalue weighted by Gasteiger charge is 2.19. The van der Waals surface area contributed by atoms with Gasteiger partial charge in [-0.1, -0.05) is 191 Å². The molecule has 334 valence electrons. The molecular weight excluding hydrogens is 721 g/mol. The Labute approximate surface area is 358 Å². The summed E-state index contributed by atoms with van der Waals surface area (Å²) in [6.07, 6.45) is 56.4. The fourth-order valence-corrected chi connectivity index (χ4v) is 6.55. The number of hydrogen-bond acceptors (Lipinski definition) is 6. The van der Waals surface area contributed by atoms with E-state index in [4.69, 9.17) is 14.2 Å². The average Bonchev–Trinajstić information content (AvgIpc) is 3.22. The molecule has 0 bridgehead atoms. The molecule has 0 fully saturated rings. The van der Waals surface area contributed by atoms with E-state index in [0.29, 0.717) is 19.3 Å². The third kappa shape index (κ3) is 44.2. The van der Waals surface area contributed by atoms with Gasteiger partial charge in [-0.05, 0) is 83.5 Å². The zero-order valence-corrected chi connectivity index (χ0v) is 38.0. The van der Waals surface area contributed by atoms with Gasteiger partial charge in [0.2, 0.25) is 0 Å². The van der Waals surface area contributed by atoms with Crippen molar-refractivity contribution in [3.05, 3.63) is 60.8 Å².